The maximum Gasteiger partial charge on any atom is 0.414 e. The van der Waals surface area contributed by atoms with E-state index in [1.54, 1.807) is 34.3 Å². The molecule has 0 bridgehead atoms. The minimum atomic E-state index is -0.554. The first-order valence-corrected chi connectivity index (χ1v) is 9.72. The third-order valence-electron chi connectivity index (χ3n) is 4.96. The van der Waals surface area contributed by atoms with Gasteiger partial charge in [-0.15, -0.1) is 0 Å². The summed E-state index contributed by atoms with van der Waals surface area (Å²) in [6.07, 6.45) is 1.64. The van der Waals surface area contributed by atoms with Crippen LogP contribution in [0.2, 0.25) is 0 Å². The average Bonchev–Trinajstić information content (AvgIpc) is 2.74. The van der Waals surface area contributed by atoms with E-state index in [1.807, 2.05) is 24.3 Å². The number of nitrogens with zero attached hydrogens (tertiary/aromatic N) is 2. The lowest BCUT2D eigenvalue weighted by atomic mass is 9.80. The molecule has 1 aliphatic rings. The van der Waals surface area contributed by atoms with E-state index in [1.165, 1.54) is 9.80 Å². The van der Waals surface area contributed by atoms with Gasteiger partial charge in [0.25, 0.3) is 0 Å². The highest BCUT2D eigenvalue weighted by atomic mass is 16.6. The van der Waals surface area contributed by atoms with Crippen molar-refractivity contribution in [1.82, 2.24) is 9.80 Å². The molecule has 7 heteroatoms. The van der Waals surface area contributed by atoms with E-state index in [4.69, 9.17) is 15.2 Å². The molecule has 0 saturated heterocycles. The number of fused-ring (bicyclic) bond motifs is 1. The Labute approximate surface area is 176 Å². The zero-order valence-corrected chi connectivity index (χ0v) is 17.7. The number of amides is 2. The highest BCUT2D eigenvalue weighted by Crippen LogP contribution is 2.43. The molecule has 158 valence electrons. The van der Waals surface area contributed by atoms with E-state index in [0.29, 0.717) is 13.0 Å². The summed E-state index contributed by atoms with van der Waals surface area (Å²) in [5.41, 5.74) is 9.83. The van der Waals surface area contributed by atoms with Gasteiger partial charge in [-0.3, -0.25) is 0 Å². The van der Waals surface area contributed by atoms with Crippen LogP contribution in [-0.4, -0.2) is 56.7 Å². The molecule has 2 aromatic carbocycles. The molecule has 0 fully saturated rings. The number of carbonyl (C=O) groups excluding carboxylic acids is 2. The molecule has 0 aliphatic heterocycles. The van der Waals surface area contributed by atoms with Gasteiger partial charge in [0.2, 0.25) is 0 Å². The monoisotopic (exact) mass is 409 g/mol. The van der Waals surface area contributed by atoms with Gasteiger partial charge < -0.3 is 25.0 Å². The van der Waals surface area contributed by atoms with Crippen LogP contribution in [0.3, 0.4) is 0 Å². The number of rotatable bonds is 4. The smallest absolute Gasteiger partial charge is 0.406 e. The Morgan fingerprint density at radius 2 is 1.60 bits per heavy atom. The Morgan fingerprint density at radius 1 is 0.967 bits per heavy atom. The van der Waals surface area contributed by atoms with Crippen LogP contribution in [-0.2, 0) is 6.42 Å². The first kappa shape index (κ1) is 21.4. The molecule has 2 aromatic rings. The van der Waals surface area contributed by atoms with E-state index < -0.39 is 12.2 Å². The lowest BCUT2D eigenvalue weighted by molar-refractivity contribution is 0.160. The molecule has 0 aromatic heterocycles. The van der Waals surface area contributed by atoms with Crippen molar-refractivity contribution in [3.05, 3.63) is 65.2 Å². The summed E-state index contributed by atoms with van der Waals surface area (Å²) in [7, 11) is 6.38. The quantitative estimate of drug-likeness (QED) is 0.836. The Hall–Kier alpha value is -3.32. The molecule has 0 spiro atoms. The summed E-state index contributed by atoms with van der Waals surface area (Å²) >= 11 is 0. The van der Waals surface area contributed by atoms with Gasteiger partial charge in [0.1, 0.15) is 0 Å². The van der Waals surface area contributed by atoms with Crippen LogP contribution < -0.4 is 15.2 Å². The van der Waals surface area contributed by atoms with Crippen LogP contribution in [0.25, 0.3) is 5.57 Å². The van der Waals surface area contributed by atoms with Crippen LogP contribution in [0.4, 0.5) is 9.59 Å². The maximum absolute atomic E-state index is 12.4. The predicted octanol–water partition coefficient (Wildman–Crippen LogP) is 3.49. The summed E-state index contributed by atoms with van der Waals surface area (Å²) in [5, 5.41) is 0. The van der Waals surface area contributed by atoms with E-state index >= 15 is 0 Å². The molecule has 3 rings (SSSR count). The molecule has 2 amide bonds. The zero-order valence-electron chi connectivity index (χ0n) is 17.7. The van der Waals surface area contributed by atoms with E-state index in [-0.39, 0.29) is 17.4 Å². The van der Waals surface area contributed by atoms with Crippen molar-refractivity contribution in [2.24, 2.45) is 5.73 Å². The summed E-state index contributed by atoms with van der Waals surface area (Å²) in [6.45, 7) is 0.342. The lowest BCUT2D eigenvalue weighted by Gasteiger charge is -2.27. The van der Waals surface area contributed by atoms with Crippen LogP contribution in [0, 0.1) is 0 Å². The molecular weight excluding hydrogens is 382 g/mol. The minimum Gasteiger partial charge on any atom is -0.406 e. The highest BCUT2D eigenvalue weighted by Gasteiger charge is 2.28. The topological polar surface area (TPSA) is 85.1 Å². The molecule has 2 N–H and O–H groups in total. The molecule has 0 radical (unpaired) electrons. The number of ether oxygens (including phenoxy) is 2. The Kier molecular flexibility index (Phi) is 6.42. The van der Waals surface area contributed by atoms with Gasteiger partial charge in [0.15, 0.2) is 11.5 Å². The van der Waals surface area contributed by atoms with Gasteiger partial charge in [-0.2, -0.15) is 0 Å². The van der Waals surface area contributed by atoms with Crippen molar-refractivity contribution >= 4 is 17.8 Å². The third-order valence-corrected chi connectivity index (χ3v) is 4.96. The summed E-state index contributed by atoms with van der Waals surface area (Å²) in [4.78, 5) is 27.2. The SMILES string of the molecule is CN(C)C(=O)Oc1ccc2c(c1OC(=O)N(C)C)CC(c1ccccc1)C=C2CN. The second-order valence-corrected chi connectivity index (χ2v) is 7.56. The van der Waals surface area contributed by atoms with Crippen molar-refractivity contribution < 1.29 is 19.1 Å². The Morgan fingerprint density at radius 3 is 2.20 bits per heavy atom. The summed E-state index contributed by atoms with van der Waals surface area (Å²) in [5.74, 6) is 0.517. The van der Waals surface area contributed by atoms with E-state index in [9.17, 15) is 9.59 Å². The first-order valence-electron chi connectivity index (χ1n) is 9.72. The fourth-order valence-corrected chi connectivity index (χ4v) is 3.37. The molecule has 1 atom stereocenters. The van der Waals surface area contributed by atoms with Crippen molar-refractivity contribution in [1.29, 1.82) is 0 Å². The van der Waals surface area contributed by atoms with Crippen LogP contribution in [0.5, 0.6) is 11.5 Å². The van der Waals surface area contributed by atoms with Gasteiger partial charge in [-0.05, 0) is 29.2 Å². The number of nitrogens with two attached hydrogens (primary N) is 1. The lowest BCUT2D eigenvalue weighted by Crippen LogP contribution is -2.28. The number of hydrogen-bond acceptors (Lipinski definition) is 5. The van der Waals surface area contributed by atoms with Crippen LogP contribution >= 0.6 is 0 Å². The predicted molar refractivity (Wildman–Crippen MR) is 116 cm³/mol. The largest absolute Gasteiger partial charge is 0.414 e. The van der Waals surface area contributed by atoms with Crippen molar-refractivity contribution in [2.75, 3.05) is 34.7 Å². The highest BCUT2D eigenvalue weighted by molar-refractivity contribution is 5.80. The second-order valence-electron chi connectivity index (χ2n) is 7.56. The van der Waals surface area contributed by atoms with Crippen LogP contribution in [0.15, 0.2) is 48.5 Å². The molecular formula is C23H27N3O4. The van der Waals surface area contributed by atoms with Gasteiger partial charge in [0.05, 0.1) is 0 Å². The molecule has 30 heavy (non-hydrogen) atoms. The molecule has 0 heterocycles. The van der Waals surface area contributed by atoms with Crippen LogP contribution in [0.1, 0.15) is 22.6 Å². The normalized spacial score (nSPS) is 15.0. The molecule has 0 saturated carbocycles. The first-order chi connectivity index (χ1) is 14.3. The fraction of sp³-hybridized carbons (Fsp3) is 0.304. The standard InChI is InChI=1S/C23H27N3O4/c1-25(2)22(27)29-20-11-10-18-17(14-24)12-16(15-8-6-5-7-9-15)13-19(18)21(20)30-23(28)26(3)4/h5-12,16H,13-14,24H2,1-4H3. The zero-order chi connectivity index (χ0) is 21.8. The summed E-state index contributed by atoms with van der Waals surface area (Å²) < 4.78 is 11.2. The van der Waals surface area contributed by atoms with E-state index in [0.717, 1.165) is 22.3 Å². The number of hydrogen-bond donors (Lipinski definition) is 1. The fourth-order valence-electron chi connectivity index (χ4n) is 3.37. The Bertz CT molecular complexity index is 968. The minimum absolute atomic E-state index is 0.0638. The van der Waals surface area contributed by atoms with Crippen molar-refractivity contribution in [2.45, 2.75) is 12.3 Å². The van der Waals surface area contributed by atoms with Gasteiger partial charge in [0, 0.05) is 46.2 Å². The van der Waals surface area contributed by atoms with Gasteiger partial charge in [-0.25, -0.2) is 9.59 Å². The number of benzene rings is 2. The van der Waals surface area contributed by atoms with E-state index in [2.05, 4.69) is 18.2 Å². The molecule has 1 aliphatic carbocycles. The maximum atomic E-state index is 12.4. The average molecular weight is 409 g/mol. The summed E-state index contributed by atoms with van der Waals surface area (Å²) in [6, 6.07) is 13.6. The Balaban J connectivity index is 2.11. The van der Waals surface area contributed by atoms with Crippen molar-refractivity contribution in [3.63, 3.8) is 0 Å². The number of allylic oxidation sites excluding steroid dienone is 1. The molecule has 1 unspecified atom stereocenters. The number of carbonyl (C=O) groups is 2. The molecule has 7 nitrogen and oxygen atoms in total. The third kappa shape index (κ3) is 4.46. The van der Waals surface area contributed by atoms with Gasteiger partial charge >= 0.3 is 12.2 Å². The van der Waals surface area contributed by atoms with Gasteiger partial charge in [-0.1, -0.05) is 42.5 Å². The van der Waals surface area contributed by atoms with Crippen molar-refractivity contribution in [3.8, 4) is 11.5 Å². The second kappa shape index (κ2) is 9.00.